The number of rotatable bonds is 10. The van der Waals surface area contributed by atoms with E-state index < -0.39 is 6.04 Å². The number of nitrogens with zero attached hydrogens (tertiary/aromatic N) is 1. The van der Waals surface area contributed by atoms with Crippen LogP contribution in [0.2, 0.25) is 0 Å². The molecule has 0 bridgehead atoms. The van der Waals surface area contributed by atoms with Crippen LogP contribution in [0.5, 0.6) is 0 Å². The summed E-state index contributed by atoms with van der Waals surface area (Å²) in [6, 6.07) is -0.420. The third-order valence-electron chi connectivity index (χ3n) is 2.39. The van der Waals surface area contributed by atoms with Crippen LogP contribution in [-0.2, 0) is 14.3 Å². The molecule has 0 aliphatic heterocycles. The second-order valence-electron chi connectivity index (χ2n) is 3.70. The number of methoxy groups -OCH3 is 2. The summed E-state index contributed by atoms with van der Waals surface area (Å²) < 4.78 is 9.97. The lowest BCUT2D eigenvalue weighted by Gasteiger charge is -2.25. The molecule has 0 unspecified atom stereocenters. The monoisotopic (exact) mass is 264 g/mol. The van der Waals surface area contributed by atoms with Gasteiger partial charge in [0.1, 0.15) is 0 Å². The van der Waals surface area contributed by atoms with Crippen LogP contribution in [0, 0.1) is 0 Å². The number of thioether (sulfide) groups is 1. The number of carbonyl (C=O) groups is 1. The molecule has 0 aliphatic carbocycles. The normalized spacial score (nSPS) is 12.5. The fourth-order valence-electron chi connectivity index (χ4n) is 1.34. The fraction of sp³-hybridized carbons (Fsp3) is 0.909. The third kappa shape index (κ3) is 7.59. The highest BCUT2D eigenvalue weighted by Gasteiger charge is 2.19. The van der Waals surface area contributed by atoms with Gasteiger partial charge in [0.05, 0.1) is 19.3 Å². The van der Waals surface area contributed by atoms with Gasteiger partial charge in [-0.25, -0.2) is 0 Å². The summed E-state index contributed by atoms with van der Waals surface area (Å²) in [4.78, 5) is 13.7. The molecule has 0 saturated carbocycles. The molecule has 1 atom stereocenters. The maximum absolute atomic E-state index is 12.0. The first-order valence-corrected chi connectivity index (χ1v) is 7.08. The van der Waals surface area contributed by atoms with Gasteiger partial charge in [-0.2, -0.15) is 11.8 Å². The van der Waals surface area contributed by atoms with Crippen LogP contribution in [0.3, 0.4) is 0 Å². The minimum atomic E-state index is -0.420. The van der Waals surface area contributed by atoms with Crippen LogP contribution in [-0.4, -0.2) is 69.4 Å². The van der Waals surface area contributed by atoms with E-state index in [-0.39, 0.29) is 5.91 Å². The lowest BCUT2D eigenvalue weighted by Crippen LogP contribution is -2.46. The average Bonchev–Trinajstić information content (AvgIpc) is 2.35. The van der Waals surface area contributed by atoms with E-state index in [0.29, 0.717) is 32.7 Å². The fourth-order valence-corrected chi connectivity index (χ4v) is 1.83. The van der Waals surface area contributed by atoms with E-state index in [1.165, 1.54) is 0 Å². The van der Waals surface area contributed by atoms with Gasteiger partial charge in [-0.1, -0.05) is 0 Å². The number of nitrogens with two attached hydrogens (primary N) is 1. The van der Waals surface area contributed by atoms with Crippen LogP contribution < -0.4 is 5.73 Å². The van der Waals surface area contributed by atoms with E-state index in [0.717, 1.165) is 5.75 Å². The predicted molar refractivity (Wildman–Crippen MR) is 71.3 cm³/mol. The number of ether oxygens (including phenoxy) is 2. The molecule has 0 fully saturated rings. The summed E-state index contributed by atoms with van der Waals surface area (Å²) in [6.45, 7) is 2.16. The maximum Gasteiger partial charge on any atom is 0.239 e. The number of amides is 1. The predicted octanol–water partition coefficient (Wildman–Crippen LogP) is 0.188. The van der Waals surface area contributed by atoms with Crippen LogP contribution in [0.25, 0.3) is 0 Å². The Morgan fingerprint density at radius 1 is 1.29 bits per heavy atom. The Hall–Kier alpha value is -0.300. The summed E-state index contributed by atoms with van der Waals surface area (Å²) in [6.07, 6.45) is 2.71. The van der Waals surface area contributed by atoms with Crippen molar-refractivity contribution < 1.29 is 14.3 Å². The van der Waals surface area contributed by atoms with Gasteiger partial charge < -0.3 is 20.1 Å². The first-order valence-electron chi connectivity index (χ1n) is 5.68. The molecule has 0 saturated heterocycles. The number of carbonyl (C=O) groups excluding carboxylic acids is 1. The molecular weight excluding hydrogens is 240 g/mol. The topological polar surface area (TPSA) is 64.8 Å². The van der Waals surface area contributed by atoms with E-state index in [9.17, 15) is 4.79 Å². The minimum Gasteiger partial charge on any atom is -0.383 e. The van der Waals surface area contributed by atoms with Crippen molar-refractivity contribution in [3.05, 3.63) is 0 Å². The molecule has 17 heavy (non-hydrogen) atoms. The van der Waals surface area contributed by atoms with E-state index in [4.69, 9.17) is 15.2 Å². The zero-order chi connectivity index (χ0) is 13.1. The first-order chi connectivity index (χ1) is 8.17. The highest BCUT2D eigenvalue weighted by molar-refractivity contribution is 7.98. The zero-order valence-electron chi connectivity index (χ0n) is 11.0. The van der Waals surface area contributed by atoms with Gasteiger partial charge in [0.15, 0.2) is 0 Å². The van der Waals surface area contributed by atoms with Gasteiger partial charge in [-0.15, -0.1) is 0 Å². The van der Waals surface area contributed by atoms with Gasteiger partial charge in [-0.3, -0.25) is 4.79 Å². The highest BCUT2D eigenvalue weighted by atomic mass is 32.2. The molecule has 0 rings (SSSR count). The quantitative estimate of drug-likeness (QED) is 0.610. The van der Waals surface area contributed by atoms with Gasteiger partial charge in [0, 0.05) is 27.3 Å². The largest absolute Gasteiger partial charge is 0.383 e. The molecule has 0 spiro atoms. The van der Waals surface area contributed by atoms with Crippen LogP contribution in [0.15, 0.2) is 0 Å². The Morgan fingerprint density at radius 3 is 2.24 bits per heavy atom. The molecular formula is C11H24N2O3S. The van der Waals surface area contributed by atoms with Crippen LogP contribution >= 0.6 is 11.8 Å². The second-order valence-corrected chi connectivity index (χ2v) is 4.68. The summed E-state index contributed by atoms with van der Waals surface area (Å²) in [5, 5.41) is 0. The Bertz CT molecular complexity index is 197. The van der Waals surface area contributed by atoms with Crippen LogP contribution in [0.4, 0.5) is 0 Å². The minimum absolute atomic E-state index is 0.0202. The smallest absolute Gasteiger partial charge is 0.239 e. The molecule has 0 aliphatic rings. The van der Waals surface area contributed by atoms with Crippen molar-refractivity contribution in [1.29, 1.82) is 0 Å². The summed E-state index contributed by atoms with van der Waals surface area (Å²) >= 11 is 1.69. The molecule has 0 aromatic carbocycles. The Balaban J connectivity index is 4.18. The van der Waals surface area contributed by atoms with Gasteiger partial charge in [0.2, 0.25) is 5.91 Å². The van der Waals surface area contributed by atoms with Crippen molar-refractivity contribution in [3.63, 3.8) is 0 Å². The Kier molecular flexibility index (Phi) is 10.6. The zero-order valence-corrected chi connectivity index (χ0v) is 11.8. The van der Waals surface area contributed by atoms with Crippen molar-refractivity contribution in [3.8, 4) is 0 Å². The molecule has 0 radical (unpaired) electrons. The van der Waals surface area contributed by atoms with Crippen molar-refractivity contribution in [2.75, 3.05) is 52.5 Å². The summed E-state index contributed by atoms with van der Waals surface area (Å²) in [5.74, 6) is 0.878. The molecule has 2 N–H and O–H groups in total. The van der Waals surface area contributed by atoms with Gasteiger partial charge in [-0.05, 0) is 18.4 Å². The summed E-state index contributed by atoms with van der Waals surface area (Å²) in [7, 11) is 3.24. The van der Waals surface area contributed by atoms with Crippen molar-refractivity contribution >= 4 is 17.7 Å². The van der Waals surface area contributed by atoms with Crippen molar-refractivity contribution in [1.82, 2.24) is 4.90 Å². The van der Waals surface area contributed by atoms with Crippen molar-refractivity contribution in [2.45, 2.75) is 12.5 Å². The number of hydrogen-bond acceptors (Lipinski definition) is 5. The third-order valence-corrected chi connectivity index (χ3v) is 3.04. The lowest BCUT2D eigenvalue weighted by molar-refractivity contribution is -0.133. The molecule has 0 heterocycles. The van der Waals surface area contributed by atoms with Gasteiger partial charge >= 0.3 is 0 Å². The molecule has 0 aromatic rings. The molecule has 1 amide bonds. The average molecular weight is 264 g/mol. The molecule has 0 aromatic heterocycles. The molecule has 6 heteroatoms. The standard InChI is InChI=1S/C11H24N2O3S/c1-15-7-5-13(6-8-16-2)11(14)10(12)4-9-17-3/h10H,4-9,12H2,1-3H3/t10-/m1/s1. The highest BCUT2D eigenvalue weighted by Crippen LogP contribution is 2.03. The SMILES string of the molecule is COCCN(CCOC)C(=O)[C@H](N)CCSC. The van der Waals surface area contributed by atoms with Crippen molar-refractivity contribution in [2.24, 2.45) is 5.73 Å². The maximum atomic E-state index is 12.0. The Labute approximate surface area is 108 Å². The van der Waals surface area contributed by atoms with Gasteiger partial charge in [0.25, 0.3) is 0 Å². The number of hydrogen-bond donors (Lipinski definition) is 1. The van der Waals surface area contributed by atoms with E-state index in [1.54, 1.807) is 30.9 Å². The molecule has 102 valence electrons. The van der Waals surface area contributed by atoms with Crippen LogP contribution in [0.1, 0.15) is 6.42 Å². The summed E-state index contributed by atoms with van der Waals surface area (Å²) in [5.41, 5.74) is 5.86. The van der Waals surface area contributed by atoms with E-state index in [2.05, 4.69) is 0 Å². The van der Waals surface area contributed by atoms with E-state index >= 15 is 0 Å². The lowest BCUT2D eigenvalue weighted by atomic mass is 10.2. The first kappa shape index (κ1) is 16.7. The molecule has 5 nitrogen and oxygen atoms in total. The second kappa shape index (κ2) is 10.8. The van der Waals surface area contributed by atoms with E-state index in [1.807, 2.05) is 6.26 Å². The Morgan fingerprint density at radius 2 is 1.82 bits per heavy atom.